The van der Waals surface area contributed by atoms with Gasteiger partial charge in [-0.15, -0.1) is 8.78 Å². The third-order valence-electron chi connectivity index (χ3n) is 5.53. The van der Waals surface area contributed by atoms with E-state index in [1.54, 1.807) is 29.2 Å². The van der Waals surface area contributed by atoms with Crippen molar-refractivity contribution in [1.29, 1.82) is 0 Å². The molecule has 4 rings (SSSR count). The van der Waals surface area contributed by atoms with Crippen LogP contribution in [0.15, 0.2) is 83.9 Å². The van der Waals surface area contributed by atoms with E-state index in [4.69, 9.17) is 16.3 Å². The lowest BCUT2D eigenvalue weighted by atomic mass is 10.1. The van der Waals surface area contributed by atoms with Crippen LogP contribution in [0.1, 0.15) is 12.0 Å². The molecule has 38 heavy (non-hydrogen) atoms. The molecule has 1 N–H and O–H groups in total. The molecule has 7 nitrogen and oxygen atoms in total. The highest BCUT2D eigenvalue weighted by atomic mass is 35.5. The molecule has 1 heterocycles. The van der Waals surface area contributed by atoms with Crippen LogP contribution in [0.2, 0.25) is 0 Å². The molecule has 1 atom stereocenters. The molecule has 2 amide bonds. The number of benzene rings is 3. The first-order chi connectivity index (χ1) is 18.2. The molecule has 0 aromatic heterocycles. The maximum Gasteiger partial charge on any atom is 0.487 e. The lowest BCUT2D eigenvalue weighted by molar-refractivity contribution is -0.129. The van der Waals surface area contributed by atoms with Gasteiger partial charge in [0.05, 0.1) is 12.8 Å². The van der Waals surface area contributed by atoms with Gasteiger partial charge in [0.15, 0.2) is 5.17 Å². The van der Waals surface area contributed by atoms with Gasteiger partial charge >= 0.3 is 5.57 Å². The predicted molar refractivity (Wildman–Crippen MR) is 144 cm³/mol. The number of ether oxygens (including phenoxy) is 2. The van der Waals surface area contributed by atoms with E-state index in [-0.39, 0.29) is 24.0 Å². The summed E-state index contributed by atoms with van der Waals surface area (Å²) in [6.07, 6.45) is 0.580. The Morgan fingerprint density at radius 2 is 1.84 bits per heavy atom. The second kappa shape index (κ2) is 12.3. The Morgan fingerprint density at radius 1 is 1.11 bits per heavy atom. The molecule has 0 spiro atoms. The minimum Gasteiger partial charge on any atom is -0.497 e. The molecule has 198 valence electrons. The van der Waals surface area contributed by atoms with E-state index < -0.39 is 10.8 Å². The summed E-state index contributed by atoms with van der Waals surface area (Å²) < 4.78 is 35.4. The van der Waals surface area contributed by atoms with Gasteiger partial charge in [-0.1, -0.05) is 48.2 Å². The normalized spacial score (nSPS) is 16.8. The molecule has 1 aliphatic rings. The summed E-state index contributed by atoms with van der Waals surface area (Å²) in [7, 11) is 1.53. The Balaban J connectivity index is 1.55. The fraction of sp³-hybridized carbons (Fsp3) is 0.222. The maximum atomic E-state index is 13.2. The zero-order valence-electron chi connectivity index (χ0n) is 20.3. The van der Waals surface area contributed by atoms with Crippen LogP contribution in [0, 0.1) is 0 Å². The van der Waals surface area contributed by atoms with Gasteiger partial charge in [0, 0.05) is 36.3 Å². The minimum absolute atomic E-state index is 0.00807. The van der Waals surface area contributed by atoms with E-state index >= 15 is 0 Å². The molecule has 3 aromatic rings. The Labute approximate surface area is 227 Å². The number of hydrogen-bond donors (Lipinski definition) is 1. The van der Waals surface area contributed by atoms with Crippen LogP contribution in [0.3, 0.4) is 0 Å². The van der Waals surface area contributed by atoms with Crippen molar-refractivity contribution in [3.05, 3.63) is 84.4 Å². The van der Waals surface area contributed by atoms with Crippen molar-refractivity contribution in [2.45, 2.75) is 23.7 Å². The molecule has 0 radical (unpaired) electrons. The van der Waals surface area contributed by atoms with Gasteiger partial charge in [-0.25, -0.2) is 4.99 Å². The molecule has 0 saturated carbocycles. The predicted octanol–water partition coefficient (Wildman–Crippen LogP) is 6.07. The number of alkyl halides is 3. The minimum atomic E-state index is -3.84. The van der Waals surface area contributed by atoms with E-state index in [9.17, 15) is 18.4 Å². The molecule has 1 fully saturated rings. The number of rotatable bonds is 9. The molecule has 0 bridgehead atoms. The SMILES string of the molecule is COc1cccc(NC(=O)[C@@H]2CC(=O)N(CCc3ccccc3)C(=Nc3ccc(OC(F)(F)Cl)cc3)S2)c1. The zero-order valence-corrected chi connectivity index (χ0v) is 21.8. The van der Waals surface area contributed by atoms with Crippen LogP contribution in [0.4, 0.5) is 20.2 Å². The van der Waals surface area contributed by atoms with Crippen LogP contribution in [-0.2, 0) is 16.0 Å². The second-order valence-corrected chi connectivity index (χ2v) is 9.86. The number of amides is 2. The van der Waals surface area contributed by atoms with Gasteiger partial charge < -0.3 is 14.8 Å². The van der Waals surface area contributed by atoms with Crippen molar-refractivity contribution in [2.75, 3.05) is 19.0 Å². The highest BCUT2D eigenvalue weighted by Gasteiger charge is 2.36. The summed E-state index contributed by atoms with van der Waals surface area (Å²) in [4.78, 5) is 32.4. The van der Waals surface area contributed by atoms with Crippen molar-refractivity contribution in [2.24, 2.45) is 4.99 Å². The molecule has 1 aliphatic heterocycles. The standard InChI is InChI=1S/C27H24ClF2N3O4S/c1-36-22-9-5-8-20(16-22)31-25(35)23-17-24(34)33(15-14-18-6-3-2-4-7-18)26(38-23)32-19-10-12-21(13-11-19)37-27(28,29)30/h2-13,16,23H,14-15,17H2,1H3,(H,31,35)/t23-/m0/s1. The number of nitrogens with zero attached hydrogens (tertiary/aromatic N) is 2. The lowest BCUT2D eigenvalue weighted by Crippen LogP contribution is -2.46. The average Bonchev–Trinajstić information content (AvgIpc) is 2.89. The van der Waals surface area contributed by atoms with E-state index in [0.29, 0.717) is 35.3 Å². The number of aliphatic imine (C=N–C) groups is 1. The Morgan fingerprint density at radius 3 is 2.53 bits per heavy atom. The van der Waals surface area contributed by atoms with Crippen molar-refractivity contribution >= 4 is 51.7 Å². The quantitative estimate of drug-likeness (QED) is 0.322. The first kappa shape index (κ1) is 27.4. The fourth-order valence-electron chi connectivity index (χ4n) is 3.70. The number of nitrogens with one attached hydrogen (secondary N) is 1. The number of carbonyl (C=O) groups excluding carboxylic acids is 2. The Hall–Kier alpha value is -3.63. The van der Waals surface area contributed by atoms with Gasteiger partial charge in [-0.05, 0) is 48.4 Å². The lowest BCUT2D eigenvalue weighted by Gasteiger charge is -2.32. The Bertz CT molecular complexity index is 1300. The highest BCUT2D eigenvalue weighted by Crippen LogP contribution is 2.32. The van der Waals surface area contributed by atoms with Gasteiger partial charge in [0.25, 0.3) is 0 Å². The molecular weight excluding hydrogens is 536 g/mol. The van der Waals surface area contributed by atoms with Crippen molar-refractivity contribution < 1.29 is 27.8 Å². The van der Waals surface area contributed by atoms with Crippen LogP contribution in [0.25, 0.3) is 0 Å². The van der Waals surface area contributed by atoms with Gasteiger partial charge in [0.2, 0.25) is 11.8 Å². The summed E-state index contributed by atoms with van der Waals surface area (Å²) in [5.74, 6) is -0.146. The van der Waals surface area contributed by atoms with Crippen LogP contribution in [-0.4, -0.2) is 46.4 Å². The third kappa shape index (κ3) is 7.69. The molecule has 0 unspecified atom stereocenters. The summed E-state index contributed by atoms with van der Waals surface area (Å²) in [5.41, 5.74) is -1.86. The smallest absolute Gasteiger partial charge is 0.487 e. The molecule has 1 saturated heterocycles. The van der Waals surface area contributed by atoms with Crippen LogP contribution in [0.5, 0.6) is 11.5 Å². The largest absolute Gasteiger partial charge is 0.497 e. The number of hydrogen-bond acceptors (Lipinski definition) is 6. The summed E-state index contributed by atoms with van der Waals surface area (Å²) >= 11 is 5.99. The number of halogens is 3. The number of thioether (sulfide) groups is 1. The van der Waals surface area contributed by atoms with E-state index in [1.807, 2.05) is 30.3 Å². The number of amidine groups is 1. The van der Waals surface area contributed by atoms with E-state index in [2.05, 4.69) is 15.0 Å². The number of anilines is 1. The van der Waals surface area contributed by atoms with Crippen molar-refractivity contribution in [1.82, 2.24) is 4.90 Å². The topological polar surface area (TPSA) is 80.2 Å². The molecule has 11 heteroatoms. The number of methoxy groups -OCH3 is 1. The maximum absolute atomic E-state index is 13.2. The molecule has 0 aliphatic carbocycles. The fourth-order valence-corrected chi connectivity index (χ4v) is 4.92. The van der Waals surface area contributed by atoms with Crippen LogP contribution >= 0.6 is 23.4 Å². The monoisotopic (exact) mass is 559 g/mol. The Kier molecular flexibility index (Phi) is 8.85. The van der Waals surface area contributed by atoms with Gasteiger partial charge in [0.1, 0.15) is 16.7 Å². The van der Waals surface area contributed by atoms with Gasteiger partial charge in [-0.3, -0.25) is 14.5 Å². The summed E-state index contributed by atoms with van der Waals surface area (Å²) in [6, 6.07) is 22.1. The van der Waals surface area contributed by atoms with E-state index in [0.717, 1.165) is 17.3 Å². The van der Waals surface area contributed by atoms with E-state index in [1.165, 1.54) is 31.4 Å². The molecular formula is C27H24ClF2N3O4S. The average molecular weight is 560 g/mol. The van der Waals surface area contributed by atoms with Crippen molar-refractivity contribution in [3.63, 3.8) is 0 Å². The summed E-state index contributed by atoms with van der Waals surface area (Å²) in [6.45, 7) is 0.360. The molecule has 3 aromatic carbocycles. The van der Waals surface area contributed by atoms with Crippen LogP contribution < -0.4 is 14.8 Å². The number of carbonyl (C=O) groups is 2. The van der Waals surface area contributed by atoms with Crippen molar-refractivity contribution in [3.8, 4) is 11.5 Å². The van der Waals surface area contributed by atoms with Gasteiger partial charge in [-0.2, -0.15) is 0 Å². The first-order valence-corrected chi connectivity index (χ1v) is 12.9. The summed E-state index contributed by atoms with van der Waals surface area (Å²) in [5, 5.41) is 2.44. The second-order valence-electron chi connectivity index (χ2n) is 8.25. The zero-order chi connectivity index (χ0) is 27.1. The highest BCUT2D eigenvalue weighted by molar-refractivity contribution is 8.15. The first-order valence-electron chi connectivity index (χ1n) is 11.6. The third-order valence-corrected chi connectivity index (χ3v) is 6.80.